The average molecular weight is 284 g/mol. The first-order chi connectivity index (χ1) is 10.9. The van der Waals surface area contributed by atoms with Crippen molar-refractivity contribution >= 4 is 6.29 Å². The van der Waals surface area contributed by atoms with Crippen LogP contribution in [-0.4, -0.2) is 6.29 Å². The molecule has 22 heavy (non-hydrogen) atoms. The summed E-state index contributed by atoms with van der Waals surface area (Å²) >= 11 is 0. The van der Waals surface area contributed by atoms with E-state index < -0.39 is 0 Å². The Hall–Kier alpha value is -2.67. The van der Waals surface area contributed by atoms with Crippen LogP contribution >= 0.6 is 0 Å². The molecule has 0 atom stereocenters. The molecule has 0 radical (unpaired) electrons. The van der Waals surface area contributed by atoms with Gasteiger partial charge in [0.1, 0.15) is 6.29 Å². The normalized spacial score (nSPS) is 11.8. The van der Waals surface area contributed by atoms with Crippen LogP contribution in [0, 0.1) is 0 Å². The highest BCUT2D eigenvalue weighted by Gasteiger charge is 2.22. The second kappa shape index (κ2) is 5.27. The van der Waals surface area contributed by atoms with Crippen LogP contribution in [0.5, 0.6) is 0 Å². The monoisotopic (exact) mass is 284 g/mol. The Bertz CT molecular complexity index is 861. The van der Waals surface area contributed by atoms with Crippen LogP contribution < -0.4 is 0 Å². The van der Waals surface area contributed by atoms with Gasteiger partial charge in [-0.05, 0) is 45.4 Å². The van der Waals surface area contributed by atoms with Gasteiger partial charge in [-0.1, -0.05) is 66.7 Å². The van der Waals surface area contributed by atoms with E-state index in [0.717, 1.165) is 18.3 Å². The fraction of sp³-hybridized carbons (Fsp3) is 0.0952. The zero-order valence-corrected chi connectivity index (χ0v) is 12.3. The summed E-state index contributed by atoms with van der Waals surface area (Å²) in [5, 5.41) is 0. The third-order valence-electron chi connectivity index (χ3n) is 4.43. The quantitative estimate of drug-likeness (QED) is 0.500. The molecule has 106 valence electrons. The molecular weight excluding hydrogens is 268 g/mol. The molecule has 0 aromatic heterocycles. The molecule has 0 saturated carbocycles. The van der Waals surface area contributed by atoms with Gasteiger partial charge in [0.05, 0.1) is 0 Å². The highest BCUT2D eigenvalue weighted by atomic mass is 16.1. The summed E-state index contributed by atoms with van der Waals surface area (Å²) in [6.45, 7) is 0. The number of benzene rings is 3. The second-order valence-electron chi connectivity index (χ2n) is 5.70. The Morgan fingerprint density at radius 3 is 2.27 bits per heavy atom. The van der Waals surface area contributed by atoms with E-state index >= 15 is 0 Å². The Morgan fingerprint density at radius 2 is 1.41 bits per heavy atom. The molecule has 3 aromatic rings. The highest BCUT2D eigenvalue weighted by molar-refractivity contribution is 5.91. The molecule has 0 bridgehead atoms. The zero-order valence-electron chi connectivity index (χ0n) is 12.3. The summed E-state index contributed by atoms with van der Waals surface area (Å²) in [7, 11) is 0. The van der Waals surface area contributed by atoms with Crippen molar-refractivity contribution in [3.8, 4) is 22.3 Å². The molecular formula is C21H16O. The van der Waals surface area contributed by atoms with Crippen LogP contribution in [0.3, 0.4) is 0 Å². The molecule has 3 aromatic carbocycles. The molecule has 1 heteroatoms. The summed E-state index contributed by atoms with van der Waals surface area (Å²) in [5.41, 5.74) is 8.92. The lowest BCUT2D eigenvalue weighted by molar-refractivity contribution is -0.107. The fourth-order valence-electron chi connectivity index (χ4n) is 3.46. The predicted molar refractivity (Wildman–Crippen MR) is 89.9 cm³/mol. The summed E-state index contributed by atoms with van der Waals surface area (Å²) in [6.07, 6.45) is 2.44. The smallest absolute Gasteiger partial charge is 0.124 e. The Balaban J connectivity index is 1.97. The zero-order chi connectivity index (χ0) is 14.9. The van der Waals surface area contributed by atoms with Crippen LogP contribution in [0.25, 0.3) is 22.3 Å². The third-order valence-corrected chi connectivity index (χ3v) is 4.43. The average Bonchev–Trinajstić information content (AvgIpc) is 2.94. The standard InChI is InChI=1S/C21H16O/c22-13-12-15-6-1-3-9-18(15)20-11-5-8-17-14-16-7-2-4-10-19(16)21(17)20/h1-11,13H,12,14H2. The third kappa shape index (κ3) is 1.98. The van der Waals surface area contributed by atoms with Crippen LogP contribution in [0.1, 0.15) is 16.7 Å². The SMILES string of the molecule is O=CCc1ccccc1-c1cccc2c1-c1ccccc1C2. The number of hydrogen-bond acceptors (Lipinski definition) is 1. The van der Waals surface area contributed by atoms with Crippen molar-refractivity contribution in [1.29, 1.82) is 0 Å². The van der Waals surface area contributed by atoms with Crippen molar-refractivity contribution in [2.75, 3.05) is 0 Å². The molecule has 0 saturated heterocycles. The lowest BCUT2D eigenvalue weighted by Gasteiger charge is -2.13. The molecule has 0 fully saturated rings. The van der Waals surface area contributed by atoms with E-state index in [4.69, 9.17) is 0 Å². The first-order valence-electron chi connectivity index (χ1n) is 7.60. The lowest BCUT2D eigenvalue weighted by Crippen LogP contribution is -1.93. The van der Waals surface area contributed by atoms with Crippen molar-refractivity contribution in [3.05, 3.63) is 83.4 Å². The first-order valence-corrected chi connectivity index (χ1v) is 7.60. The number of fused-ring (bicyclic) bond motifs is 3. The van der Waals surface area contributed by atoms with E-state index in [9.17, 15) is 4.79 Å². The fourth-order valence-corrected chi connectivity index (χ4v) is 3.46. The topological polar surface area (TPSA) is 17.1 Å². The van der Waals surface area contributed by atoms with E-state index in [0.29, 0.717) is 6.42 Å². The van der Waals surface area contributed by atoms with Gasteiger partial charge in [0.25, 0.3) is 0 Å². The van der Waals surface area contributed by atoms with Crippen molar-refractivity contribution in [3.63, 3.8) is 0 Å². The molecule has 0 unspecified atom stereocenters. The lowest BCUT2D eigenvalue weighted by atomic mass is 9.91. The molecule has 1 nitrogen and oxygen atoms in total. The number of hydrogen-bond donors (Lipinski definition) is 0. The first kappa shape index (κ1) is 13.0. The maximum atomic E-state index is 11.0. The van der Waals surface area contributed by atoms with Crippen molar-refractivity contribution in [2.24, 2.45) is 0 Å². The summed E-state index contributed by atoms with van der Waals surface area (Å²) in [5.74, 6) is 0. The van der Waals surface area contributed by atoms with E-state index in [1.807, 2.05) is 18.2 Å². The van der Waals surface area contributed by atoms with Crippen molar-refractivity contribution in [1.82, 2.24) is 0 Å². The second-order valence-corrected chi connectivity index (χ2v) is 5.70. The Kier molecular flexibility index (Phi) is 3.12. The minimum atomic E-state index is 0.460. The number of rotatable bonds is 3. The number of carbonyl (C=O) groups is 1. The van der Waals surface area contributed by atoms with E-state index in [1.54, 1.807) is 0 Å². The maximum absolute atomic E-state index is 11.0. The van der Waals surface area contributed by atoms with Gasteiger partial charge in [-0.15, -0.1) is 0 Å². The largest absolute Gasteiger partial charge is 0.303 e. The molecule has 1 aliphatic carbocycles. The van der Waals surface area contributed by atoms with Gasteiger partial charge in [-0.25, -0.2) is 0 Å². The predicted octanol–water partition coefficient (Wildman–Crippen LogP) is 4.67. The van der Waals surface area contributed by atoms with Gasteiger partial charge in [-0.3, -0.25) is 0 Å². The van der Waals surface area contributed by atoms with Gasteiger partial charge < -0.3 is 4.79 Å². The van der Waals surface area contributed by atoms with Crippen molar-refractivity contribution < 1.29 is 4.79 Å². The van der Waals surface area contributed by atoms with Gasteiger partial charge in [0, 0.05) is 6.42 Å². The summed E-state index contributed by atoms with van der Waals surface area (Å²) in [4.78, 5) is 11.0. The summed E-state index contributed by atoms with van der Waals surface area (Å²) < 4.78 is 0. The molecule has 1 aliphatic rings. The number of aldehydes is 1. The molecule has 0 N–H and O–H groups in total. The minimum absolute atomic E-state index is 0.460. The van der Waals surface area contributed by atoms with Crippen LogP contribution in [-0.2, 0) is 17.6 Å². The van der Waals surface area contributed by atoms with Gasteiger partial charge in [0.2, 0.25) is 0 Å². The Labute approximate surface area is 130 Å². The van der Waals surface area contributed by atoms with E-state index in [2.05, 4.69) is 48.5 Å². The van der Waals surface area contributed by atoms with Gasteiger partial charge in [-0.2, -0.15) is 0 Å². The van der Waals surface area contributed by atoms with Crippen LogP contribution in [0.4, 0.5) is 0 Å². The summed E-state index contributed by atoms with van der Waals surface area (Å²) in [6, 6.07) is 23.3. The van der Waals surface area contributed by atoms with Crippen molar-refractivity contribution in [2.45, 2.75) is 12.8 Å². The minimum Gasteiger partial charge on any atom is -0.303 e. The number of carbonyl (C=O) groups excluding carboxylic acids is 1. The molecule has 0 amide bonds. The molecule has 0 aliphatic heterocycles. The Morgan fingerprint density at radius 1 is 0.727 bits per heavy atom. The molecule has 0 heterocycles. The maximum Gasteiger partial charge on any atom is 0.124 e. The van der Waals surface area contributed by atoms with E-state index in [-0.39, 0.29) is 0 Å². The molecule has 4 rings (SSSR count). The van der Waals surface area contributed by atoms with Gasteiger partial charge in [0.15, 0.2) is 0 Å². The molecule has 0 spiro atoms. The van der Waals surface area contributed by atoms with E-state index in [1.165, 1.54) is 33.4 Å². The van der Waals surface area contributed by atoms with Crippen LogP contribution in [0.2, 0.25) is 0 Å². The van der Waals surface area contributed by atoms with Crippen LogP contribution in [0.15, 0.2) is 66.7 Å². The van der Waals surface area contributed by atoms with Gasteiger partial charge >= 0.3 is 0 Å². The highest BCUT2D eigenvalue weighted by Crippen LogP contribution is 2.43.